The molecule has 1 aliphatic rings. The number of hydrogen-bond donors (Lipinski definition) is 2. The zero-order valence-corrected chi connectivity index (χ0v) is 13.3. The number of carbonyl (C=O) groups is 2. The SMILES string of the molecule is CC(C)N(C)CCCCNC(=O)[C@H]1[C@@H](C(=O)O)C1(C)C. The van der Waals surface area contributed by atoms with Gasteiger partial charge in [-0.15, -0.1) is 0 Å². The lowest BCUT2D eigenvalue weighted by Crippen LogP contribution is -2.30. The third kappa shape index (κ3) is 3.95. The number of amides is 1. The molecule has 0 bridgehead atoms. The van der Waals surface area contributed by atoms with Crippen LogP contribution in [0.25, 0.3) is 0 Å². The van der Waals surface area contributed by atoms with Crippen molar-refractivity contribution < 1.29 is 14.7 Å². The first-order chi connectivity index (χ1) is 9.19. The Balaban J connectivity index is 2.21. The van der Waals surface area contributed by atoms with E-state index in [0.29, 0.717) is 12.6 Å². The van der Waals surface area contributed by atoms with Crippen LogP contribution in [0.3, 0.4) is 0 Å². The molecule has 5 heteroatoms. The molecule has 2 N–H and O–H groups in total. The first-order valence-corrected chi connectivity index (χ1v) is 7.40. The Morgan fingerprint density at radius 3 is 2.30 bits per heavy atom. The van der Waals surface area contributed by atoms with E-state index in [-0.39, 0.29) is 11.8 Å². The minimum absolute atomic E-state index is 0.111. The lowest BCUT2D eigenvalue weighted by atomic mass is 10.1. The predicted octanol–water partition coefficient (Wildman–Crippen LogP) is 1.58. The molecule has 5 nitrogen and oxygen atoms in total. The van der Waals surface area contributed by atoms with E-state index in [4.69, 9.17) is 5.11 Å². The summed E-state index contributed by atoms with van der Waals surface area (Å²) in [7, 11) is 2.09. The number of hydrogen-bond acceptors (Lipinski definition) is 3. The van der Waals surface area contributed by atoms with Crippen molar-refractivity contribution in [2.75, 3.05) is 20.1 Å². The maximum atomic E-state index is 12.0. The molecule has 0 aromatic heterocycles. The summed E-state index contributed by atoms with van der Waals surface area (Å²) >= 11 is 0. The molecule has 1 rings (SSSR count). The topological polar surface area (TPSA) is 69.6 Å². The second-order valence-corrected chi connectivity index (χ2v) is 6.69. The molecule has 1 amide bonds. The highest BCUT2D eigenvalue weighted by Crippen LogP contribution is 2.58. The first kappa shape index (κ1) is 17.0. The molecule has 0 heterocycles. The fourth-order valence-corrected chi connectivity index (χ4v) is 2.65. The Kier molecular flexibility index (Phi) is 5.57. The highest BCUT2D eigenvalue weighted by molar-refractivity contribution is 5.91. The van der Waals surface area contributed by atoms with Crippen LogP contribution in [-0.4, -0.2) is 48.1 Å². The maximum absolute atomic E-state index is 12.0. The number of carboxylic acid groups (broad SMARTS) is 1. The van der Waals surface area contributed by atoms with Gasteiger partial charge in [0.15, 0.2) is 0 Å². The molecule has 0 spiro atoms. The molecule has 0 radical (unpaired) electrons. The molecule has 1 fully saturated rings. The number of carbonyl (C=O) groups excluding carboxylic acids is 1. The lowest BCUT2D eigenvalue weighted by molar-refractivity contribution is -0.140. The van der Waals surface area contributed by atoms with Gasteiger partial charge in [0.05, 0.1) is 11.8 Å². The Morgan fingerprint density at radius 2 is 1.85 bits per heavy atom. The van der Waals surface area contributed by atoms with Gasteiger partial charge in [-0.2, -0.15) is 0 Å². The minimum Gasteiger partial charge on any atom is -0.481 e. The van der Waals surface area contributed by atoms with Crippen molar-refractivity contribution in [3.05, 3.63) is 0 Å². The van der Waals surface area contributed by atoms with Crippen LogP contribution in [0.1, 0.15) is 40.5 Å². The van der Waals surface area contributed by atoms with Crippen molar-refractivity contribution in [2.45, 2.75) is 46.6 Å². The van der Waals surface area contributed by atoms with Crippen LogP contribution in [0.4, 0.5) is 0 Å². The number of nitrogens with one attached hydrogen (secondary N) is 1. The van der Waals surface area contributed by atoms with Gasteiger partial charge in [-0.25, -0.2) is 0 Å². The highest BCUT2D eigenvalue weighted by atomic mass is 16.4. The zero-order chi connectivity index (χ0) is 15.5. The summed E-state index contributed by atoms with van der Waals surface area (Å²) in [5.41, 5.74) is -0.409. The minimum atomic E-state index is -0.867. The van der Waals surface area contributed by atoms with Gasteiger partial charge in [0.25, 0.3) is 0 Å². The van der Waals surface area contributed by atoms with E-state index in [9.17, 15) is 9.59 Å². The quantitative estimate of drug-likeness (QED) is 0.664. The standard InChI is InChI=1S/C15H28N2O3/c1-10(2)17(5)9-7-6-8-16-13(18)11-12(14(19)20)15(11,3)4/h10-12H,6-9H2,1-5H3,(H,16,18)(H,19,20)/t11-,12+/m1/s1. The zero-order valence-electron chi connectivity index (χ0n) is 13.3. The van der Waals surface area contributed by atoms with Gasteiger partial charge < -0.3 is 15.3 Å². The summed E-state index contributed by atoms with van der Waals surface area (Å²) in [6.45, 7) is 9.64. The number of rotatable bonds is 8. The average Bonchev–Trinajstić information content (AvgIpc) is 2.91. The fourth-order valence-electron chi connectivity index (χ4n) is 2.65. The molecule has 0 unspecified atom stereocenters. The Morgan fingerprint density at radius 1 is 1.25 bits per heavy atom. The van der Waals surface area contributed by atoms with Crippen molar-refractivity contribution in [3.8, 4) is 0 Å². The van der Waals surface area contributed by atoms with E-state index in [1.54, 1.807) is 0 Å². The van der Waals surface area contributed by atoms with Crippen molar-refractivity contribution in [1.29, 1.82) is 0 Å². The molecule has 0 aromatic carbocycles. The predicted molar refractivity (Wildman–Crippen MR) is 78.4 cm³/mol. The normalized spacial score (nSPS) is 23.9. The summed E-state index contributed by atoms with van der Waals surface area (Å²) in [6, 6.07) is 0.535. The van der Waals surface area contributed by atoms with Gasteiger partial charge in [0, 0.05) is 12.6 Å². The van der Waals surface area contributed by atoms with Gasteiger partial charge in [-0.1, -0.05) is 13.8 Å². The Labute approximate surface area is 121 Å². The van der Waals surface area contributed by atoms with Crippen molar-refractivity contribution in [3.63, 3.8) is 0 Å². The molecule has 20 heavy (non-hydrogen) atoms. The number of carboxylic acids is 1. The Hall–Kier alpha value is -1.10. The van der Waals surface area contributed by atoms with Gasteiger partial charge in [0.2, 0.25) is 5.91 Å². The van der Waals surface area contributed by atoms with Gasteiger partial charge >= 0.3 is 5.97 Å². The van der Waals surface area contributed by atoms with E-state index >= 15 is 0 Å². The van der Waals surface area contributed by atoms with Crippen LogP contribution >= 0.6 is 0 Å². The van der Waals surface area contributed by atoms with Crippen LogP contribution in [-0.2, 0) is 9.59 Å². The molecule has 116 valence electrons. The summed E-state index contributed by atoms with van der Waals surface area (Å²) in [5.74, 6) is -1.89. The highest BCUT2D eigenvalue weighted by Gasteiger charge is 2.65. The molecule has 0 saturated heterocycles. The smallest absolute Gasteiger partial charge is 0.307 e. The molecule has 1 aliphatic carbocycles. The van der Waals surface area contributed by atoms with Crippen LogP contribution in [0.2, 0.25) is 0 Å². The fraction of sp³-hybridized carbons (Fsp3) is 0.867. The van der Waals surface area contributed by atoms with Gasteiger partial charge in [-0.05, 0) is 45.7 Å². The van der Waals surface area contributed by atoms with Crippen LogP contribution < -0.4 is 5.32 Å². The van der Waals surface area contributed by atoms with Gasteiger partial charge in [-0.3, -0.25) is 9.59 Å². The van der Waals surface area contributed by atoms with Gasteiger partial charge in [0.1, 0.15) is 0 Å². The van der Waals surface area contributed by atoms with E-state index in [2.05, 4.69) is 31.1 Å². The second-order valence-electron chi connectivity index (χ2n) is 6.69. The van der Waals surface area contributed by atoms with Crippen LogP contribution in [0, 0.1) is 17.3 Å². The van der Waals surface area contributed by atoms with E-state index < -0.39 is 17.3 Å². The van der Waals surface area contributed by atoms with Crippen LogP contribution in [0.5, 0.6) is 0 Å². The molecule has 0 aromatic rings. The van der Waals surface area contributed by atoms with E-state index in [1.807, 2.05) is 13.8 Å². The molecule has 2 atom stereocenters. The molecule has 1 saturated carbocycles. The molecular formula is C15H28N2O3. The molecular weight excluding hydrogens is 256 g/mol. The van der Waals surface area contributed by atoms with E-state index in [1.165, 1.54) is 0 Å². The third-order valence-corrected chi connectivity index (χ3v) is 4.49. The van der Waals surface area contributed by atoms with E-state index in [0.717, 1.165) is 19.4 Å². The Bertz CT molecular complexity index is 366. The number of nitrogens with zero attached hydrogens (tertiary/aromatic N) is 1. The number of unbranched alkanes of at least 4 members (excludes halogenated alkanes) is 1. The van der Waals surface area contributed by atoms with Crippen molar-refractivity contribution in [1.82, 2.24) is 10.2 Å². The third-order valence-electron chi connectivity index (χ3n) is 4.49. The maximum Gasteiger partial charge on any atom is 0.307 e. The summed E-state index contributed by atoms with van der Waals surface area (Å²) in [5, 5.41) is 11.9. The monoisotopic (exact) mass is 284 g/mol. The average molecular weight is 284 g/mol. The summed E-state index contributed by atoms with van der Waals surface area (Å²) in [6.07, 6.45) is 1.96. The second kappa shape index (κ2) is 6.57. The number of aliphatic carboxylic acids is 1. The lowest BCUT2D eigenvalue weighted by Gasteiger charge is -2.20. The largest absolute Gasteiger partial charge is 0.481 e. The summed E-state index contributed by atoms with van der Waals surface area (Å²) in [4.78, 5) is 25.2. The van der Waals surface area contributed by atoms with Crippen molar-refractivity contribution in [2.24, 2.45) is 17.3 Å². The van der Waals surface area contributed by atoms with Crippen molar-refractivity contribution >= 4 is 11.9 Å². The first-order valence-electron chi connectivity index (χ1n) is 7.40. The molecule has 0 aliphatic heterocycles. The summed E-state index contributed by atoms with van der Waals surface area (Å²) < 4.78 is 0. The van der Waals surface area contributed by atoms with Crippen LogP contribution in [0.15, 0.2) is 0 Å².